The minimum Gasteiger partial charge on any atom is -0.360 e. The lowest BCUT2D eigenvalue weighted by Gasteiger charge is -2.29. The number of Topliss-reactive ketones (excluding diaryl/α,β-unsaturated/α-hetero) is 2. The van der Waals surface area contributed by atoms with Gasteiger partial charge in [0.25, 0.3) is 0 Å². The highest BCUT2D eigenvalue weighted by Gasteiger charge is 2.38. The van der Waals surface area contributed by atoms with E-state index < -0.39 is 17.4 Å². The van der Waals surface area contributed by atoms with Crippen LogP contribution < -0.4 is 4.90 Å². The summed E-state index contributed by atoms with van der Waals surface area (Å²) >= 11 is 5.72. The monoisotopic (exact) mass is 253 g/mol. The van der Waals surface area contributed by atoms with Crippen molar-refractivity contribution in [1.82, 2.24) is 0 Å². The van der Waals surface area contributed by atoms with Crippen molar-refractivity contribution in [3.8, 4) is 0 Å². The number of benzene rings is 1. The molecule has 0 spiro atoms. The van der Waals surface area contributed by atoms with Crippen LogP contribution in [-0.4, -0.2) is 24.2 Å². The zero-order valence-corrected chi connectivity index (χ0v) is 9.63. The Bertz CT molecular complexity index is 540. The summed E-state index contributed by atoms with van der Waals surface area (Å²) in [5.74, 6) is -1.76. The number of hydrogen-bond acceptors (Lipinski definition) is 3. The SMILES string of the molecule is O=C1CN(C2CC2)c2cc(Cl)c(F)cc2C1=O. The molecule has 0 amide bonds. The van der Waals surface area contributed by atoms with E-state index >= 15 is 0 Å². The van der Waals surface area contributed by atoms with Crippen LogP contribution in [0.15, 0.2) is 12.1 Å². The van der Waals surface area contributed by atoms with Gasteiger partial charge in [0.15, 0.2) is 0 Å². The number of carbonyl (C=O) groups is 2. The summed E-state index contributed by atoms with van der Waals surface area (Å²) in [6.45, 7) is 0.0818. The number of halogens is 2. The van der Waals surface area contributed by atoms with Crippen LogP contribution in [0, 0.1) is 5.82 Å². The number of rotatable bonds is 1. The Balaban J connectivity index is 2.17. The van der Waals surface area contributed by atoms with E-state index in [4.69, 9.17) is 11.6 Å². The molecule has 2 aliphatic rings. The highest BCUT2D eigenvalue weighted by molar-refractivity contribution is 6.47. The van der Waals surface area contributed by atoms with Crippen LogP contribution in [0.3, 0.4) is 0 Å². The molecule has 0 radical (unpaired) electrons. The Morgan fingerprint density at radius 1 is 1.29 bits per heavy atom. The van der Waals surface area contributed by atoms with Crippen molar-refractivity contribution in [3.63, 3.8) is 0 Å². The van der Waals surface area contributed by atoms with E-state index in [-0.39, 0.29) is 23.2 Å². The molecule has 1 aromatic carbocycles. The number of nitrogens with zero attached hydrogens (tertiary/aromatic N) is 1. The first-order valence-corrected chi connectivity index (χ1v) is 5.79. The molecule has 0 unspecified atom stereocenters. The van der Waals surface area contributed by atoms with Gasteiger partial charge in [0.1, 0.15) is 5.82 Å². The standard InChI is InChI=1S/C12H9ClFNO2/c13-8-4-10-7(3-9(8)14)12(17)11(16)5-15(10)6-1-2-6/h3-4,6H,1-2,5H2. The third-order valence-electron chi connectivity index (χ3n) is 3.15. The number of carbonyl (C=O) groups excluding carboxylic acids is 2. The van der Waals surface area contributed by atoms with Crippen LogP contribution in [0.25, 0.3) is 0 Å². The molecule has 5 heteroatoms. The van der Waals surface area contributed by atoms with E-state index in [2.05, 4.69) is 0 Å². The number of ketones is 2. The van der Waals surface area contributed by atoms with Gasteiger partial charge in [-0.05, 0) is 25.0 Å². The van der Waals surface area contributed by atoms with Gasteiger partial charge in [0.05, 0.1) is 22.8 Å². The van der Waals surface area contributed by atoms with E-state index in [1.165, 1.54) is 6.07 Å². The van der Waals surface area contributed by atoms with Gasteiger partial charge in [0.2, 0.25) is 11.6 Å². The Hall–Kier alpha value is -1.42. The summed E-state index contributed by atoms with van der Waals surface area (Å²) in [6.07, 6.45) is 1.99. The molecule has 1 aromatic rings. The number of hydrogen-bond donors (Lipinski definition) is 0. The quantitative estimate of drug-likeness (QED) is 0.720. The highest BCUT2D eigenvalue weighted by atomic mass is 35.5. The van der Waals surface area contributed by atoms with Gasteiger partial charge >= 0.3 is 0 Å². The second kappa shape index (κ2) is 3.53. The van der Waals surface area contributed by atoms with Gasteiger partial charge in [-0.25, -0.2) is 4.39 Å². The maximum absolute atomic E-state index is 13.3. The van der Waals surface area contributed by atoms with Crippen molar-refractivity contribution in [3.05, 3.63) is 28.5 Å². The van der Waals surface area contributed by atoms with Crippen molar-refractivity contribution in [1.29, 1.82) is 0 Å². The maximum atomic E-state index is 13.3. The Morgan fingerprint density at radius 3 is 2.65 bits per heavy atom. The summed E-state index contributed by atoms with van der Waals surface area (Å²) < 4.78 is 13.3. The second-order valence-electron chi connectivity index (χ2n) is 4.39. The van der Waals surface area contributed by atoms with E-state index in [0.717, 1.165) is 18.9 Å². The zero-order chi connectivity index (χ0) is 12.2. The van der Waals surface area contributed by atoms with Crippen molar-refractivity contribution in [2.45, 2.75) is 18.9 Å². The third kappa shape index (κ3) is 1.63. The first-order chi connectivity index (χ1) is 8.08. The van der Waals surface area contributed by atoms with E-state index in [1.807, 2.05) is 4.90 Å². The summed E-state index contributed by atoms with van der Waals surface area (Å²) in [5, 5.41) is -0.0171. The van der Waals surface area contributed by atoms with Crippen LogP contribution in [-0.2, 0) is 4.79 Å². The van der Waals surface area contributed by atoms with E-state index in [0.29, 0.717) is 5.69 Å². The molecule has 17 heavy (non-hydrogen) atoms. The molecule has 0 aromatic heterocycles. The highest BCUT2D eigenvalue weighted by Crippen LogP contribution is 2.38. The first kappa shape index (κ1) is 10.7. The molecule has 1 heterocycles. The van der Waals surface area contributed by atoms with Crippen LogP contribution in [0.5, 0.6) is 0 Å². The molecule has 0 N–H and O–H groups in total. The molecule has 3 nitrogen and oxygen atoms in total. The average molecular weight is 254 g/mol. The Labute approximate surface area is 102 Å². The molecule has 0 saturated heterocycles. The molecule has 0 atom stereocenters. The summed E-state index contributed by atoms with van der Waals surface area (Å²) in [7, 11) is 0. The topological polar surface area (TPSA) is 37.4 Å². The van der Waals surface area contributed by atoms with E-state index in [1.54, 1.807) is 0 Å². The summed E-state index contributed by atoms with van der Waals surface area (Å²) in [6, 6.07) is 2.79. The second-order valence-corrected chi connectivity index (χ2v) is 4.80. The minimum atomic E-state index is -0.663. The van der Waals surface area contributed by atoms with Crippen molar-refractivity contribution in [2.24, 2.45) is 0 Å². The molecular weight excluding hydrogens is 245 g/mol. The molecule has 1 aliphatic heterocycles. The molecule has 1 aliphatic carbocycles. The van der Waals surface area contributed by atoms with Crippen LogP contribution in [0.2, 0.25) is 5.02 Å². The van der Waals surface area contributed by atoms with Crippen LogP contribution in [0.1, 0.15) is 23.2 Å². The van der Waals surface area contributed by atoms with Gasteiger partial charge in [0, 0.05) is 6.04 Å². The van der Waals surface area contributed by atoms with Gasteiger partial charge in [-0.2, -0.15) is 0 Å². The lowest BCUT2D eigenvalue weighted by Crippen LogP contribution is -2.41. The van der Waals surface area contributed by atoms with Gasteiger partial charge in [-0.15, -0.1) is 0 Å². The largest absolute Gasteiger partial charge is 0.360 e. The fourth-order valence-electron chi connectivity index (χ4n) is 2.13. The van der Waals surface area contributed by atoms with Gasteiger partial charge in [-0.3, -0.25) is 9.59 Å². The lowest BCUT2D eigenvalue weighted by molar-refractivity contribution is -0.114. The average Bonchev–Trinajstić information content (AvgIpc) is 3.10. The zero-order valence-electron chi connectivity index (χ0n) is 8.87. The summed E-state index contributed by atoms with van der Waals surface area (Å²) in [5.41, 5.74) is 0.721. The molecule has 1 fully saturated rings. The molecule has 1 saturated carbocycles. The van der Waals surface area contributed by atoms with Gasteiger partial charge < -0.3 is 4.90 Å². The predicted molar refractivity (Wildman–Crippen MR) is 61.1 cm³/mol. The van der Waals surface area contributed by atoms with E-state index in [9.17, 15) is 14.0 Å². The maximum Gasteiger partial charge on any atom is 0.232 e. The van der Waals surface area contributed by atoms with Crippen molar-refractivity contribution < 1.29 is 14.0 Å². The van der Waals surface area contributed by atoms with Crippen LogP contribution in [0.4, 0.5) is 10.1 Å². The fourth-order valence-corrected chi connectivity index (χ4v) is 2.29. The number of fused-ring (bicyclic) bond motifs is 1. The molecule has 88 valence electrons. The predicted octanol–water partition coefficient (Wildman–Crippen LogP) is 2.21. The molecular formula is C12H9ClFNO2. The lowest BCUT2D eigenvalue weighted by atomic mass is 9.99. The molecule has 0 bridgehead atoms. The van der Waals surface area contributed by atoms with Crippen molar-refractivity contribution >= 4 is 28.9 Å². The molecule has 3 rings (SSSR count). The smallest absolute Gasteiger partial charge is 0.232 e. The number of anilines is 1. The Morgan fingerprint density at radius 2 is 2.00 bits per heavy atom. The first-order valence-electron chi connectivity index (χ1n) is 5.41. The van der Waals surface area contributed by atoms with Crippen molar-refractivity contribution in [2.75, 3.05) is 11.4 Å². The van der Waals surface area contributed by atoms with Crippen LogP contribution >= 0.6 is 11.6 Å². The van der Waals surface area contributed by atoms with Gasteiger partial charge in [-0.1, -0.05) is 11.6 Å². The fraction of sp³-hybridized carbons (Fsp3) is 0.333. The Kier molecular flexibility index (Phi) is 2.23. The normalized spacial score (nSPS) is 19.5. The minimum absolute atomic E-state index is 0.0171. The third-order valence-corrected chi connectivity index (χ3v) is 3.44. The summed E-state index contributed by atoms with van der Waals surface area (Å²) in [4.78, 5) is 25.1.